The van der Waals surface area contributed by atoms with Gasteiger partial charge in [-0.25, -0.2) is 0 Å². The summed E-state index contributed by atoms with van der Waals surface area (Å²) in [6.45, 7) is 4.31. The number of carboxylic acid groups (broad SMARTS) is 1. The first-order chi connectivity index (χ1) is 11.3. The van der Waals surface area contributed by atoms with Gasteiger partial charge in [-0.3, -0.25) is 9.59 Å². The first kappa shape index (κ1) is 16.3. The summed E-state index contributed by atoms with van der Waals surface area (Å²) in [5, 5.41) is 20.5. The van der Waals surface area contributed by atoms with E-state index in [2.05, 4.69) is 13.8 Å². The summed E-state index contributed by atoms with van der Waals surface area (Å²) in [7, 11) is 0. The molecule has 3 fully saturated rings. The Labute approximate surface area is 143 Å². The number of allylic oxidation sites excluding steroid dienone is 1. The van der Waals surface area contributed by atoms with Crippen LogP contribution >= 0.6 is 0 Å². The van der Waals surface area contributed by atoms with E-state index >= 15 is 0 Å². The average Bonchev–Trinajstić information content (AvgIpc) is 2.82. The third-order valence-electron chi connectivity index (χ3n) is 8.19. The van der Waals surface area contributed by atoms with Gasteiger partial charge < -0.3 is 10.2 Å². The number of aliphatic hydroxyl groups excluding tert-OH is 1. The van der Waals surface area contributed by atoms with Crippen LogP contribution in [0.4, 0.5) is 0 Å². The molecule has 0 heterocycles. The second-order valence-electron chi connectivity index (χ2n) is 9.14. The molecule has 0 saturated heterocycles. The van der Waals surface area contributed by atoms with Gasteiger partial charge in [-0.1, -0.05) is 19.4 Å². The lowest BCUT2D eigenvalue weighted by molar-refractivity contribution is -0.163. The number of carbonyl (C=O) groups excluding carboxylic acids is 1. The fraction of sp³-hybridized carbons (Fsp3) is 0.800. The van der Waals surface area contributed by atoms with E-state index in [4.69, 9.17) is 0 Å². The van der Waals surface area contributed by atoms with E-state index in [0.29, 0.717) is 24.7 Å². The highest BCUT2D eigenvalue weighted by Gasteiger charge is 2.63. The van der Waals surface area contributed by atoms with Crippen molar-refractivity contribution in [3.8, 4) is 0 Å². The van der Waals surface area contributed by atoms with Crippen molar-refractivity contribution >= 4 is 11.8 Å². The third kappa shape index (κ3) is 2.01. The maximum atomic E-state index is 12.2. The Morgan fingerprint density at radius 1 is 1.21 bits per heavy atom. The maximum absolute atomic E-state index is 12.2. The van der Waals surface area contributed by atoms with E-state index in [0.717, 1.165) is 32.1 Å². The summed E-state index contributed by atoms with van der Waals surface area (Å²) in [4.78, 5) is 24.0. The van der Waals surface area contributed by atoms with Gasteiger partial charge in [-0.15, -0.1) is 0 Å². The molecule has 0 bridgehead atoms. The number of hydrogen-bond donors (Lipinski definition) is 2. The summed E-state index contributed by atoms with van der Waals surface area (Å²) < 4.78 is 0. The molecule has 0 aliphatic heterocycles. The van der Waals surface area contributed by atoms with Crippen LogP contribution in [0.25, 0.3) is 0 Å². The summed E-state index contributed by atoms with van der Waals surface area (Å²) in [5.41, 5.74) is 0.773. The molecule has 7 atom stereocenters. The second kappa shape index (κ2) is 5.17. The minimum Gasteiger partial charge on any atom is -0.481 e. The molecule has 132 valence electrons. The van der Waals surface area contributed by atoms with Gasteiger partial charge in [0.25, 0.3) is 0 Å². The molecular formula is C20H28O4. The fourth-order valence-corrected chi connectivity index (χ4v) is 6.96. The number of rotatable bonds is 1. The topological polar surface area (TPSA) is 74.6 Å². The number of ketones is 1. The molecule has 4 aliphatic rings. The Bertz CT molecular complexity index is 623. The quantitative estimate of drug-likeness (QED) is 0.773. The van der Waals surface area contributed by atoms with Crippen LogP contribution < -0.4 is 0 Å². The monoisotopic (exact) mass is 332 g/mol. The van der Waals surface area contributed by atoms with E-state index in [1.54, 1.807) is 0 Å². The molecule has 0 aromatic heterocycles. The molecule has 3 saturated carbocycles. The fourth-order valence-electron chi connectivity index (χ4n) is 6.96. The van der Waals surface area contributed by atoms with E-state index in [1.807, 2.05) is 6.08 Å². The smallest absolute Gasteiger partial charge is 0.306 e. The lowest BCUT2D eigenvalue weighted by Crippen LogP contribution is -2.56. The minimum atomic E-state index is -0.719. The zero-order chi connectivity index (χ0) is 17.3. The highest BCUT2D eigenvalue weighted by Crippen LogP contribution is 2.66. The van der Waals surface area contributed by atoms with Gasteiger partial charge in [0.1, 0.15) is 0 Å². The van der Waals surface area contributed by atoms with Gasteiger partial charge in [0.05, 0.1) is 12.0 Å². The largest absolute Gasteiger partial charge is 0.481 e. The highest BCUT2D eigenvalue weighted by molar-refractivity contribution is 5.91. The number of carboxylic acids is 1. The molecule has 4 rings (SSSR count). The van der Waals surface area contributed by atoms with E-state index in [9.17, 15) is 19.8 Å². The van der Waals surface area contributed by atoms with Gasteiger partial charge in [-0.2, -0.15) is 0 Å². The summed E-state index contributed by atoms with van der Waals surface area (Å²) in [6.07, 6.45) is 7.04. The van der Waals surface area contributed by atoms with Gasteiger partial charge in [-0.05, 0) is 73.2 Å². The average molecular weight is 332 g/mol. The normalized spacial score (nSPS) is 50.5. The van der Waals surface area contributed by atoms with Crippen LogP contribution in [0.1, 0.15) is 58.8 Å². The van der Waals surface area contributed by atoms with Crippen LogP contribution in [0.15, 0.2) is 11.6 Å². The van der Waals surface area contributed by atoms with Gasteiger partial charge in [0, 0.05) is 6.42 Å². The standard InChI is InChI=1S/C20H28O4/c1-19-8-7-12(21)9-11(19)3-4-13-15-5-6-16(22)20(15,2)10-14(17(13)19)18(23)24/h9,13-17,22H,3-8,10H2,1-2H3,(H,23,24)/t13-,14-,15-,16+,17+,19-,20-/m0/s1. The van der Waals surface area contributed by atoms with E-state index in [-0.39, 0.29) is 28.6 Å². The molecule has 24 heavy (non-hydrogen) atoms. The van der Waals surface area contributed by atoms with E-state index < -0.39 is 11.9 Å². The molecule has 0 unspecified atom stereocenters. The van der Waals surface area contributed by atoms with Crippen LogP contribution in [0.5, 0.6) is 0 Å². The number of aliphatic carboxylic acids is 1. The molecule has 4 heteroatoms. The molecular weight excluding hydrogens is 304 g/mol. The predicted octanol–water partition coefficient (Wildman–Crippen LogP) is 3.19. The number of aliphatic hydroxyl groups is 1. The zero-order valence-electron chi connectivity index (χ0n) is 14.6. The van der Waals surface area contributed by atoms with Crippen molar-refractivity contribution in [2.45, 2.75) is 64.9 Å². The molecule has 2 N–H and O–H groups in total. The van der Waals surface area contributed by atoms with Gasteiger partial charge >= 0.3 is 5.97 Å². The van der Waals surface area contributed by atoms with Crippen LogP contribution in [0.3, 0.4) is 0 Å². The molecule has 4 nitrogen and oxygen atoms in total. The SMILES string of the molecule is C[C@]12C[C@H](C(=O)O)[C@H]3[C@@H](CCC4=CC(=O)CC[C@@]43C)[C@@H]1CC[C@H]2O. The number of fused-ring (bicyclic) bond motifs is 5. The lowest BCUT2D eigenvalue weighted by Gasteiger charge is -2.59. The summed E-state index contributed by atoms with van der Waals surface area (Å²) >= 11 is 0. The van der Waals surface area contributed by atoms with Crippen LogP contribution in [-0.2, 0) is 9.59 Å². The van der Waals surface area contributed by atoms with Crippen molar-refractivity contribution in [3.63, 3.8) is 0 Å². The highest BCUT2D eigenvalue weighted by atomic mass is 16.4. The first-order valence-electron chi connectivity index (χ1n) is 9.42. The molecule has 0 radical (unpaired) electrons. The summed E-state index contributed by atoms with van der Waals surface area (Å²) in [6, 6.07) is 0. The van der Waals surface area contributed by atoms with Crippen LogP contribution in [0, 0.1) is 34.5 Å². The van der Waals surface area contributed by atoms with Gasteiger partial charge in [0.15, 0.2) is 5.78 Å². The second-order valence-corrected chi connectivity index (χ2v) is 9.14. The van der Waals surface area contributed by atoms with Crippen molar-refractivity contribution in [1.29, 1.82) is 0 Å². The maximum Gasteiger partial charge on any atom is 0.306 e. The van der Waals surface area contributed by atoms with E-state index in [1.165, 1.54) is 5.57 Å². The van der Waals surface area contributed by atoms with Crippen molar-refractivity contribution in [2.24, 2.45) is 34.5 Å². The Kier molecular flexibility index (Phi) is 3.51. The molecule has 4 aliphatic carbocycles. The minimum absolute atomic E-state index is 0.103. The number of hydrogen-bond acceptors (Lipinski definition) is 3. The molecule has 0 aromatic rings. The molecule has 0 spiro atoms. The van der Waals surface area contributed by atoms with Crippen molar-refractivity contribution < 1.29 is 19.8 Å². The Morgan fingerprint density at radius 3 is 2.67 bits per heavy atom. The third-order valence-corrected chi connectivity index (χ3v) is 8.19. The van der Waals surface area contributed by atoms with Crippen LogP contribution in [0.2, 0.25) is 0 Å². The zero-order valence-corrected chi connectivity index (χ0v) is 14.6. The number of carbonyl (C=O) groups is 2. The van der Waals surface area contributed by atoms with Crippen molar-refractivity contribution in [3.05, 3.63) is 11.6 Å². The molecule has 0 aromatic carbocycles. The van der Waals surface area contributed by atoms with Crippen molar-refractivity contribution in [1.82, 2.24) is 0 Å². The Balaban J connectivity index is 1.80. The Morgan fingerprint density at radius 2 is 1.96 bits per heavy atom. The predicted molar refractivity (Wildman–Crippen MR) is 89.2 cm³/mol. The first-order valence-corrected chi connectivity index (χ1v) is 9.42. The van der Waals surface area contributed by atoms with Crippen LogP contribution in [-0.4, -0.2) is 28.1 Å². The molecule has 0 amide bonds. The van der Waals surface area contributed by atoms with Crippen molar-refractivity contribution in [2.75, 3.05) is 0 Å². The van der Waals surface area contributed by atoms with Gasteiger partial charge in [0.2, 0.25) is 0 Å². The Hall–Kier alpha value is -1.16. The lowest BCUT2D eigenvalue weighted by atomic mass is 9.44. The summed E-state index contributed by atoms with van der Waals surface area (Å²) in [5.74, 6) is -0.0493.